The third kappa shape index (κ3) is 2.05. The van der Waals surface area contributed by atoms with Crippen LogP contribution in [0.1, 0.15) is 13.3 Å². The van der Waals surface area contributed by atoms with Crippen molar-refractivity contribution >= 4 is 5.69 Å². The number of aryl methyl sites for hydroxylation is 1. The van der Waals surface area contributed by atoms with E-state index in [1.54, 1.807) is 0 Å². The van der Waals surface area contributed by atoms with Gasteiger partial charge < -0.3 is 5.32 Å². The molecule has 0 fully saturated rings. The predicted molar refractivity (Wildman–Crippen MR) is 65.3 cm³/mol. The number of hydrogen-bond acceptors (Lipinski definition) is 3. The molecule has 0 saturated carbocycles. The molecule has 1 N–H and O–H groups in total. The molecular formula is C12H16N4. The van der Waals surface area contributed by atoms with Crippen LogP contribution in [-0.4, -0.2) is 21.8 Å². The molecule has 0 saturated heterocycles. The van der Waals surface area contributed by atoms with Crippen molar-refractivity contribution < 1.29 is 0 Å². The standard InChI is InChI=1S/C12H16N4/c1-3-8-16-12(5-7-15-16)11-9-10(13-2)4-6-14-11/h4-7,9H,3,8H2,1-2H3,(H,13,14). The van der Waals surface area contributed by atoms with Gasteiger partial charge >= 0.3 is 0 Å². The first-order valence-electron chi connectivity index (χ1n) is 5.51. The van der Waals surface area contributed by atoms with E-state index in [9.17, 15) is 0 Å². The lowest BCUT2D eigenvalue weighted by molar-refractivity contribution is 0.608. The Balaban J connectivity index is 2.37. The fourth-order valence-electron chi connectivity index (χ4n) is 1.67. The molecule has 2 aromatic rings. The van der Waals surface area contributed by atoms with Crippen LogP contribution in [0.4, 0.5) is 5.69 Å². The molecule has 2 heterocycles. The van der Waals surface area contributed by atoms with Crippen LogP contribution >= 0.6 is 0 Å². The van der Waals surface area contributed by atoms with Gasteiger partial charge in [-0.15, -0.1) is 0 Å². The van der Waals surface area contributed by atoms with Crippen LogP contribution in [0.3, 0.4) is 0 Å². The monoisotopic (exact) mass is 216 g/mol. The second-order valence-corrected chi connectivity index (χ2v) is 3.62. The van der Waals surface area contributed by atoms with Crippen molar-refractivity contribution in [3.63, 3.8) is 0 Å². The van der Waals surface area contributed by atoms with Crippen LogP contribution in [0.5, 0.6) is 0 Å². The highest BCUT2D eigenvalue weighted by Gasteiger charge is 2.06. The quantitative estimate of drug-likeness (QED) is 0.853. The summed E-state index contributed by atoms with van der Waals surface area (Å²) in [4.78, 5) is 4.37. The minimum Gasteiger partial charge on any atom is -0.388 e. The number of nitrogens with one attached hydrogen (secondary N) is 1. The van der Waals surface area contributed by atoms with Crippen molar-refractivity contribution in [2.45, 2.75) is 19.9 Å². The molecule has 4 nitrogen and oxygen atoms in total. The summed E-state index contributed by atoms with van der Waals surface area (Å²) in [6.45, 7) is 3.07. The van der Waals surface area contributed by atoms with Crippen LogP contribution in [-0.2, 0) is 6.54 Å². The average Bonchev–Trinajstić information content (AvgIpc) is 2.78. The summed E-state index contributed by atoms with van der Waals surface area (Å²) in [5.41, 5.74) is 3.09. The van der Waals surface area contributed by atoms with Gasteiger partial charge in [-0.05, 0) is 24.6 Å². The zero-order chi connectivity index (χ0) is 11.4. The van der Waals surface area contributed by atoms with Crippen molar-refractivity contribution in [2.24, 2.45) is 0 Å². The highest BCUT2D eigenvalue weighted by molar-refractivity contribution is 5.60. The molecule has 0 radical (unpaired) electrons. The van der Waals surface area contributed by atoms with Gasteiger partial charge in [0.2, 0.25) is 0 Å². The normalized spacial score (nSPS) is 10.4. The SMILES string of the molecule is CCCn1nccc1-c1cc(NC)ccn1. The first-order chi connectivity index (χ1) is 7.85. The van der Waals surface area contributed by atoms with E-state index in [0.717, 1.165) is 30.0 Å². The lowest BCUT2D eigenvalue weighted by atomic mass is 10.2. The number of aromatic nitrogens is 3. The summed E-state index contributed by atoms with van der Waals surface area (Å²) in [7, 11) is 1.91. The third-order valence-corrected chi connectivity index (χ3v) is 2.46. The summed E-state index contributed by atoms with van der Waals surface area (Å²) >= 11 is 0. The van der Waals surface area contributed by atoms with Crippen LogP contribution < -0.4 is 5.32 Å². The fraction of sp³-hybridized carbons (Fsp3) is 0.333. The molecule has 0 aromatic carbocycles. The average molecular weight is 216 g/mol. The maximum absolute atomic E-state index is 4.37. The van der Waals surface area contributed by atoms with E-state index in [1.165, 1.54) is 0 Å². The maximum atomic E-state index is 4.37. The van der Waals surface area contributed by atoms with E-state index < -0.39 is 0 Å². The van der Waals surface area contributed by atoms with Gasteiger partial charge in [0.1, 0.15) is 0 Å². The first-order valence-corrected chi connectivity index (χ1v) is 5.51. The lowest BCUT2D eigenvalue weighted by Crippen LogP contribution is -2.02. The minimum absolute atomic E-state index is 0.924. The Bertz CT molecular complexity index is 462. The van der Waals surface area contributed by atoms with Gasteiger partial charge in [0, 0.05) is 31.7 Å². The van der Waals surface area contributed by atoms with Crippen molar-refractivity contribution in [1.82, 2.24) is 14.8 Å². The molecule has 2 aromatic heterocycles. The van der Waals surface area contributed by atoms with Gasteiger partial charge in [0.25, 0.3) is 0 Å². The Hall–Kier alpha value is -1.84. The predicted octanol–water partition coefficient (Wildman–Crippen LogP) is 2.40. The molecule has 0 aliphatic carbocycles. The van der Waals surface area contributed by atoms with E-state index in [4.69, 9.17) is 0 Å². The van der Waals surface area contributed by atoms with Crippen LogP contribution in [0.15, 0.2) is 30.6 Å². The van der Waals surface area contributed by atoms with E-state index in [1.807, 2.05) is 42.3 Å². The van der Waals surface area contributed by atoms with Crippen LogP contribution in [0.25, 0.3) is 11.4 Å². The number of rotatable bonds is 4. The van der Waals surface area contributed by atoms with Gasteiger partial charge in [0.15, 0.2) is 0 Å². The van der Waals surface area contributed by atoms with Gasteiger partial charge in [-0.3, -0.25) is 9.67 Å². The Morgan fingerprint density at radius 2 is 2.19 bits per heavy atom. The maximum Gasteiger partial charge on any atom is 0.0903 e. The third-order valence-electron chi connectivity index (χ3n) is 2.46. The molecular weight excluding hydrogens is 200 g/mol. The van der Waals surface area contributed by atoms with E-state index in [0.29, 0.717) is 0 Å². The molecule has 0 unspecified atom stereocenters. The number of nitrogens with zero attached hydrogens (tertiary/aromatic N) is 3. The van der Waals surface area contributed by atoms with Crippen LogP contribution in [0, 0.1) is 0 Å². The minimum atomic E-state index is 0.924. The molecule has 2 rings (SSSR count). The Morgan fingerprint density at radius 3 is 2.94 bits per heavy atom. The van der Waals surface area contributed by atoms with Crippen molar-refractivity contribution in [3.8, 4) is 11.4 Å². The molecule has 0 atom stereocenters. The number of hydrogen-bond donors (Lipinski definition) is 1. The molecule has 0 bridgehead atoms. The molecule has 0 aliphatic rings. The summed E-state index contributed by atoms with van der Waals surface area (Å²) in [5, 5.41) is 7.41. The topological polar surface area (TPSA) is 42.7 Å². The van der Waals surface area contributed by atoms with E-state index in [-0.39, 0.29) is 0 Å². The fourth-order valence-corrected chi connectivity index (χ4v) is 1.67. The number of anilines is 1. The second-order valence-electron chi connectivity index (χ2n) is 3.62. The molecule has 0 spiro atoms. The molecule has 16 heavy (non-hydrogen) atoms. The smallest absolute Gasteiger partial charge is 0.0903 e. The van der Waals surface area contributed by atoms with Crippen molar-refractivity contribution in [3.05, 3.63) is 30.6 Å². The highest BCUT2D eigenvalue weighted by atomic mass is 15.3. The van der Waals surface area contributed by atoms with Gasteiger partial charge in [-0.25, -0.2) is 0 Å². The summed E-state index contributed by atoms with van der Waals surface area (Å²) < 4.78 is 1.99. The van der Waals surface area contributed by atoms with Crippen molar-refractivity contribution in [1.29, 1.82) is 0 Å². The van der Waals surface area contributed by atoms with Gasteiger partial charge in [-0.2, -0.15) is 5.10 Å². The van der Waals surface area contributed by atoms with Gasteiger partial charge in [0.05, 0.1) is 11.4 Å². The largest absolute Gasteiger partial charge is 0.388 e. The van der Waals surface area contributed by atoms with E-state index in [2.05, 4.69) is 22.3 Å². The Morgan fingerprint density at radius 1 is 1.31 bits per heavy atom. The zero-order valence-electron chi connectivity index (χ0n) is 9.64. The first kappa shape index (κ1) is 10.7. The summed E-state index contributed by atoms with van der Waals surface area (Å²) in [5.74, 6) is 0. The van der Waals surface area contributed by atoms with Gasteiger partial charge in [-0.1, -0.05) is 6.92 Å². The van der Waals surface area contributed by atoms with Crippen molar-refractivity contribution in [2.75, 3.05) is 12.4 Å². The summed E-state index contributed by atoms with van der Waals surface area (Å²) in [6, 6.07) is 5.98. The highest BCUT2D eigenvalue weighted by Crippen LogP contribution is 2.19. The number of pyridine rings is 1. The molecule has 84 valence electrons. The molecule has 4 heteroatoms. The Kier molecular flexibility index (Phi) is 3.19. The molecule has 0 amide bonds. The Labute approximate surface area is 95.3 Å². The van der Waals surface area contributed by atoms with Crippen LogP contribution in [0.2, 0.25) is 0 Å². The van der Waals surface area contributed by atoms with E-state index >= 15 is 0 Å². The molecule has 0 aliphatic heterocycles. The zero-order valence-corrected chi connectivity index (χ0v) is 9.64. The summed E-state index contributed by atoms with van der Waals surface area (Å²) in [6.07, 6.45) is 4.70. The second kappa shape index (κ2) is 4.79. The lowest BCUT2D eigenvalue weighted by Gasteiger charge is -2.06.